The highest BCUT2D eigenvalue weighted by Crippen LogP contribution is 2.10. The first-order valence-corrected chi connectivity index (χ1v) is 7.21. The van der Waals surface area contributed by atoms with E-state index in [0.29, 0.717) is 5.56 Å². The van der Waals surface area contributed by atoms with Gasteiger partial charge in [0.2, 0.25) is 0 Å². The Bertz CT molecular complexity index is 803. The van der Waals surface area contributed by atoms with Crippen molar-refractivity contribution >= 4 is 11.5 Å². The van der Waals surface area contributed by atoms with Crippen molar-refractivity contribution in [1.82, 2.24) is 14.8 Å². The Labute approximate surface area is 134 Å². The SMILES string of the molecule is Cc1ccc(N/C=C/C(=O)c2ccc(-n3cncn3)cc2)cc1. The number of nitrogens with one attached hydrogen (secondary N) is 1. The van der Waals surface area contributed by atoms with Crippen LogP contribution in [0.15, 0.2) is 73.5 Å². The second-order valence-corrected chi connectivity index (χ2v) is 5.09. The lowest BCUT2D eigenvalue weighted by atomic mass is 10.1. The number of hydrogen-bond acceptors (Lipinski definition) is 4. The molecule has 0 aliphatic rings. The van der Waals surface area contributed by atoms with Gasteiger partial charge in [-0.3, -0.25) is 4.79 Å². The molecule has 114 valence electrons. The summed E-state index contributed by atoms with van der Waals surface area (Å²) in [6.07, 6.45) is 6.25. The molecule has 0 fully saturated rings. The van der Waals surface area contributed by atoms with Crippen molar-refractivity contribution in [3.63, 3.8) is 0 Å². The van der Waals surface area contributed by atoms with Crippen LogP contribution in [0.25, 0.3) is 5.69 Å². The average Bonchev–Trinajstić information content (AvgIpc) is 3.11. The molecule has 1 aromatic heterocycles. The predicted octanol–water partition coefficient (Wildman–Crippen LogP) is 3.38. The molecule has 2 aromatic carbocycles. The number of nitrogens with zero attached hydrogens (tertiary/aromatic N) is 3. The van der Waals surface area contributed by atoms with Gasteiger partial charge in [0.1, 0.15) is 12.7 Å². The van der Waals surface area contributed by atoms with E-state index in [1.165, 1.54) is 18.0 Å². The van der Waals surface area contributed by atoms with Gasteiger partial charge in [-0.2, -0.15) is 5.10 Å². The molecule has 0 saturated heterocycles. The van der Waals surface area contributed by atoms with Gasteiger partial charge in [0, 0.05) is 23.5 Å². The summed E-state index contributed by atoms with van der Waals surface area (Å²) in [5, 5.41) is 7.13. The minimum absolute atomic E-state index is 0.0604. The van der Waals surface area contributed by atoms with Crippen LogP contribution in [0.1, 0.15) is 15.9 Å². The van der Waals surface area contributed by atoms with Crippen LogP contribution >= 0.6 is 0 Å². The van der Waals surface area contributed by atoms with Gasteiger partial charge in [-0.05, 0) is 43.3 Å². The number of anilines is 1. The van der Waals surface area contributed by atoms with Crippen LogP contribution in [0, 0.1) is 6.92 Å². The number of ketones is 1. The lowest BCUT2D eigenvalue weighted by Gasteiger charge is -2.02. The molecule has 0 bridgehead atoms. The molecular weight excluding hydrogens is 288 g/mol. The summed E-state index contributed by atoms with van der Waals surface area (Å²) >= 11 is 0. The summed E-state index contributed by atoms with van der Waals surface area (Å²) < 4.78 is 1.64. The lowest BCUT2D eigenvalue weighted by Crippen LogP contribution is -1.98. The van der Waals surface area contributed by atoms with E-state index in [9.17, 15) is 4.79 Å². The first-order valence-electron chi connectivity index (χ1n) is 7.21. The number of carbonyl (C=O) groups excluding carboxylic acids is 1. The monoisotopic (exact) mass is 304 g/mol. The van der Waals surface area contributed by atoms with Gasteiger partial charge < -0.3 is 5.32 Å². The molecule has 23 heavy (non-hydrogen) atoms. The quantitative estimate of drug-likeness (QED) is 0.580. The first kappa shape index (κ1) is 14.7. The van der Waals surface area contributed by atoms with Crippen molar-refractivity contribution in [3.05, 3.63) is 84.6 Å². The lowest BCUT2D eigenvalue weighted by molar-refractivity contribution is 0.104. The van der Waals surface area contributed by atoms with Crippen LogP contribution in [-0.2, 0) is 0 Å². The Morgan fingerprint density at radius 3 is 2.48 bits per heavy atom. The van der Waals surface area contributed by atoms with Crippen LogP contribution in [0.4, 0.5) is 5.69 Å². The smallest absolute Gasteiger partial charge is 0.187 e. The van der Waals surface area contributed by atoms with Crippen molar-refractivity contribution in [3.8, 4) is 5.69 Å². The molecule has 1 N–H and O–H groups in total. The van der Waals surface area contributed by atoms with E-state index in [4.69, 9.17) is 0 Å². The molecular formula is C18H16N4O. The van der Waals surface area contributed by atoms with Gasteiger partial charge >= 0.3 is 0 Å². The number of aryl methyl sites for hydroxylation is 1. The van der Waals surface area contributed by atoms with E-state index < -0.39 is 0 Å². The summed E-state index contributed by atoms with van der Waals surface area (Å²) in [7, 11) is 0. The number of benzene rings is 2. The molecule has 1 heterocycles. The van der Waals surface area contributed by atoms with Gasteiger partial charge in [-0.25, -0.2) is 9.67 Å². The maximum absolute atomic E-state index is 12.1. The molecule has 0 saturated carbocycles. The fourth-order valence-electron chi connectivity index (χ4n) is 2.08. The Morgan fingerprint density at radius 1 is 1.09 bits per heavy atom. The molecule has 0 aliphatic heterocycles. The number of hydrogen-bond donors (Lipinski definition) is 1. The normalized spacial score (nSPS) is 10.8. The second kappa shape index (κ2) is 6.70. The highest BCUT2D eigenvalue weighted by molar-refractivity contribution is 6.04. The van der Waals surface area contributed by atoms with Crippen molar-refractivity contribution in [1.29, 1.82) is 0 Å². The summed E-state index contributed by atoms with van der Waals surface area (Å²) in [5.41, 5.74) is 3.63. The Morgan fingerprint density at radius 2 is 1.83 bits per heavy atom. The highest BCUT2D eigenvalue weighted by Gasteiger charge is 2.03. The molecule has 0 radical (unpaired) electrons. The molecule has 5 nitrogen and oxygen atoms in total. The highest BCUT2D eigenvalue weighted by atomic mass is 16.1. The van der Waals surface area contributed by atoms with Gasteiger partial charge in [0.25, 0.3) is 0 Å². The van der Waals surface area contributed by atoms with Crippen LogP contribution < -0.4 is 5.32 Å². The van der Waals surface area contributed by atoms with Crippen molar-refractivity contribution in [2.45, 2.75) is 6.92 Å². The van der Waals surface area contributed by atoms with Crippen molar-refractivity contribution in [2.24, 2.45) is 0 Å². The molecule has 0 amide bonds. The number of rotatable bonds is 5. The second-order valence-electron chi connectivity index (χ2n) is 5.09. The molecule has 5 heteroatoms. The topological polar surface area (TPSA) is 59.8 Å². The molecule has 3 rings (SSSR count). The summed E-state index contributed by atoms with van der Waals surface area (Å²) in [6.45, 7) is 2.03. The van der Waals surface area contributed by atoms with E-state index in [1.54, 1.807) is 29.3 Å². The largest absolute Gasteiger partial charge is 0.362 e. The zero-order valence-corrected chi connectivity index (χ0v) is 12.7. The number of aromatic nitrogens is 3. The zero-order chi connectivity index (χ0) is 16.1. The van der Waals surface area contributed by atoms with E-state index in [2.05, 4.69) is 15.4 Å². The average molecular weight is 304 g/mol. The minimum Gasteiger partial charge on any atom is -0.362 e. The first-order chi connectivity index (χ1) is 11.2. The molecule has 0 atom stereocenters. The Kier molecular flexibility index (Phi) is 4.29. The Balaban J connectivity index is 1.63. The maximum Gasteiger partial charge on any atom is 0.187 e. The van der Waals surface area contributed by atoms with Gasteiger partial charge in [-0.15, -0.1) is 0 Å². The van der Waals surface area contributed by atoms with Crippen LogP contribution in [0.5, 0.6) is 0 Å². The van der Waals surface area contributed by atoms with E-state index in [1.807, 2.05) is 43.3 Å². The maximum atomic E-state index is 12.1. The summed E-state index contributed by atoms with van der Waals surface area (Å²) in [6, 6.07) is 15.2. The summed E-state index contributed by atoms with van der Waals surface area (Å²) in [4.78, 5) is 16.0. The molecule has 3 aromatic rings. The standard InChI is InChI=1S/C18H16N4O/c1-14-2-6-16(7-3-14)20-11-10-18(23)15-4-8-17(9-5-15)22-13-19-12-21-22/h2-13,20H,1H3/b11-10+. The number of allylic oxidation sites excluding steroid dienone is 1. The third kappa shape index (κ3) is 3.71. The minimum atomic E-state index is -0.0604. The molecule has 0 aliphatic carbocycles. The third-order valence-electron chi connectivity index (χ3n) is 3.37. The van der Waals surface area contributed by atoms with Gasteiger partial charge in [0.05, 0.1) is 5.69 Å². The van der Waals surface area contributed by atoms with E-state index >= 15 is 0 Å². The van der Waals surface area contributed by atoms with Crippen LogP contribution in [0.3, 0.4) is 0 Å². The third-order valence-corrected chi connectivity index (χ3v) is 3.37. The molecule has 0 unspecified atom stereocenters. The number of carbonyl (C=O) groups is 1. The van der Waals surface area contributed by atoms with Crippen molar-refractivity contribution < 1.29 is 4.79 Å². The summed E-state index contributed by atoms with van der Waals surface area (Å²) in [5.74, 6) is -0.0604. The van der Waals surface area contributed by atoms with Gasteiger partial charge in [-0.1, -0.05) is 17.7 Å². The predicted molar refractivity (Wildman–Crippen MR) is 89.6 cm³/mol. The van der Waals surface area contributed by atoms with Gasteiger partial charge in [0.15, 0.2) is 5.78 Å². The molecule has 0 spiro atoms. The van der Waals surface area contributed by atoms with E-state index in [-0.39, 0.29) is 5.78 Å². The van der Waals surface area contributed by atoms with E-state index in [0.717, 1.165) is 11.4 Å². The van der Waals surface area contributed by atoms with Crippen LogP contribution in [0.2, 0.25) is 0 Å². The Hall–Kier alpha value is -3.21. The van der Waals surface area contributed by atoms with Crippen LogP contribution in [-0.4, -0.2) is 20.5 Å². The zero-order valence-electron chi connectivity index (χ0n) is 12.7. The van der Waals surface area contributed by atoms with Crippen molar-refractivity contribution in [2.75, 3.05) is 5.32 Å². The fraction of sp³-hybridized carbons (Fsp3) is 0.0556. The fourth-order valence-corrected chi connectivity index (χ4v) is 2.08.